The predicted molar refractivity (Wildman–Crippen MR) is 116 cm³/mol. The van der Waals surface area contributed by atoms with Crippen LogP contribution in [0.2, 0.25) is 0 Å². The van der Waals surface area contributed by atoms with Gasteiger partial charge in [0.05, 0.1) is 29.5 Å². The van der Waals surface area contributed by atoms with Crippen LogP contribution in [0, 0.1) is 11.8 Å². The summed E-state index contributed by atoms with van der Waals surface area (Å²) in [5, 5.41) is 10.8. The summed E-state index contributed by atoms with van der Waals surface area (Å²) in [6.45, 7) is -0.224. The number of anilines is 1. The van der Waals surface area contributed by atoms with Gasteiger partial charge in [-0.1, -0.05) is 60.7 Å². The normalized spacial score (nSPS) is 28.3. The lowest BCUT2D eigenvalue weighted by atomic mass is 9.47. The summed E-state index contributed by atoms with van der Waals surface area (Å²) in [7, 11) is 0. The van der Waals surface area contributed by atoms with Gasteiger partial charge in [0, 0.05) is 10.4 Å². The second-order valence-corrected chi connectivity index (χ2v) is 9.10. The van der Waals surface area contributed by atoms with Crippen LogP contribution in [-0.2, 0) is 15.0 Å². The standard InChI is InChI=1S/C25H18BrNO3/c26-18-11-5-6-12-19(18)27-23(29)21-20-14-7-1-3-9-16(14)25(13-28,22(21)24(27)30)17-10-4-2-8-15(17)20/h1-12,20-22,28H,13H2/t20?,21-,22-,25?/m1/s1. The van der Waals surface area contributed by atoms with Crippen molar-refractivity contribution in [2.45, 2.75) is 11.3 Å². The molecule has 2 amide bonds. The predicted octanol–water partition coefficient (Wildman–Crippen LogP) is 3.99. The number of halogens is 1. The molecule has 0 unspecified atom stereocenters. The third kappa shape index (κ3) is 1.95. The van der Waals surface area contributed by atoms with Gasteiger partial charge in [-0.05, 0) is 50.3 Å². The number of para-hydroxylation sites is 1. The van der Waals surface area contributed by atoms with Gasteiger partial charge in [0.15, 0.2) is 0 Å². The van der Waals surface area contributed by atoms with Gasteiger partial charge >= 0.3 is 0 Å². The molecule has 1 N–H and O–H groups in total. The van der Waals surface area contributed by atoms with Crippen molar-refractivity contribution in [2.24, 2.45) is 11.8 Å². The Morgan fingerprint density at radius 3 is 2.00 bits per heavy atom. The van der Waals surface area contributed by atoms with Crippen molar-refractivity contribution in [3.05, 3.63) is 99.5 Å². The van der Waals surface area contributed by atoms with E-state index in [0.29, 0.717) is 10.2 Å². The van der Waals surface area contributed by atoms with Crippen molar-refractivity contribution in [1.29, 1.82) is 0 Å². The summed E-state index contributed by atoms with van der Waals surface area (Å²) >= 11 is 3.50. The maximum absolute atomic E-state index is 13.8. The minimum absolute atomic E-state index is 0.191. The number of aliphatic hydroxyl groups is 1. The second kappa shape index (κ2) is 6.13. The number of hydrogen-bond donors (Lipinski definition) is 1. The molecule has 0 saturated carbocycles. The second-order valence-electron chi connectivity index (χ2n) is 8.25. The maximum Gasteiger partial charge on any atom is 0.239 e. The zero-order chi connectivity index (χ0) is 20.6. The minimum atomic E-state index is -0.921. The maximum atomic E-state index is 13.8. The molecule has 2 bridgehead atoms. The number of nitrogens with zero attached hydrogens (tertiary/aromatic N) is 1. The fourth-order valence-corrected chi connectivity index (χ4v) is 6.53. The zero-order valence-electron chi connectivity index (χ0n) is 16.0. The molecule has 5 heteroatoms. The van der Waals surface area contributed by atoms with Crippen LogP contribution in [0.3, 0.4) is 0 Å². The van der Waals surface area contributed by atoms with Crippen LogP contribution in [0.4, 0.5) is 5.69 Å². The summed E-state index contributed by atoms with van der Waals surface area (Å²) in [5.74, 6) is -1.78. The quantitative estimate of drug-likeness (QED) is 0.589. The van der Waals surface area contributed by atoms with Gasteiger partial charge in [-0.3, -0.25) is 9.59 Å². The van der Waals surface area contributed by atoms with Crippen LogP contribution < -0.4 is 4.90 Å². The van der Waals surface area contributed by atoms with Gasteiger partial charge in [0.2, 0.25) is 11.8 Å². The van der Waals surface area contributed by atoms with Gasteiger partial charge in [-0.15, -0.1) is 0 Å². The van der Waals surface area contributed by atoms with Crippen LogP contribution in [0.15, 0.2) is 77.3 Å². The van der Waals surface area contributed by atoms with Crippen molar-refractivity contribution in [3.8, 4) is 0 Å². The van der Waals surface area contributed by atoms with Crippen LogP contribution >= 0.6 is 15.9 Å². The lowest BCUT2D eigenvalue weighted by molar-refractivity contribution is -0.124. The van der Waals surface area contributed by atoms with Gasteiger partial charge in [-0.2, -0.15) is 0 Å². The molecule has 1 heterocycles. The molecule has 3 aromatic carbocycles. The Morgan fingerprint density at radius 2 is 1.40 bits per heavy atom. The largest absolute Gasteiger partial charge is 0.395 e. The molecule has 1 aliphatic heterocycles. The number of aliphatic hydroxyl groups excluding tert-OH is 1. The lowest BCUT2D eigenvalue weighted by Crippen LogP contribution is -2.55. The van der Waals surface area contributed by atoms with Crippen LogP contribution in [0.1, 0.15) is 28.2 Å². The van der Waals surface area contributed by atoms with E-state index in [4.69, 9.17) is 0 Å². The molecule has 0 spiro atoms. The smallest absolute Gasteiger partial charge is 0.239 e. The number of benzene rings is 3. The minimum Gasteiger partial charge on any atom is -0.395 e. The molecule has 4 aliphatic rings. The first-order valence-corrected chi connectivity index (χ1v) is 10.8. The first-order valence-electron chi connectivity index (χ1n) is 10.0. The first kappa shape index (κ1) is 18.0. The molecule has 0 radical (unpaired) electrons. The van der Waals surface area contributed by atoms with Gasteiger partial charge in [0.25, 0.3) is 0 Å². The number of rotatable bonds is 2. The highest BCUT2D eigenvalue weighted by atomic mass is 79.9. The Morgan fingerprint density at radius 1 is 0.833 bits per heavy atom. The van der Waals surface area contributed by atoms with E-state index < -0.39 is 17.3 Å². The molecule has 0 aromatic heterocycles. The van der Waals surface area contributed by atoms with Crippen molar-refractivity contribution in [1.82, 2.24) is 0 Å². The lowest BCUT2D eigenvalue weighted by Gasteiger charge is -2.53. The Balaban J connectivity index is 1.66. The monoisotopic (exact) mass is 459 g/mol. The van der Waals surface area contributed by atoms with Crippen molar-refractivity contribution in [3.63, 3.8) is 0 Å². The Hall–Kier alpha value is -2.76. The van der Waals surface area contributed by atoms with Crippen molar-refractivity contribution < 1.29 is 14.7 Å². The molecular weight excluding hydrogens is 442 g/mol. The third-order valence-corrected chi connectivity index (χ3v) is 7.81. The summed E-state index contributed by atoms with van der Waals surface area (Å²) in [6, 6.07) is 23.2. The van der Waals surface area contributed by atoms with E-state index >= 15 is 0 Å². The summed E-state index contributed by atoms with van der Waals surface area (Å²) < 4.78 is 0.700. The van der Waals surface area contributed by atoms with E-state index in [1.807, 2.05) is 66.7 Å². The molecule has 3 aromatic rings. The fraction of sp³-hybridized carbons (Fsp3) is 0.200. The van der Waals surface area contributed by atoms with E-state index in [-0.39, 0.29) is 24.3 Å². The van der Waals surface area contributed by atoms with Crippen LogP contribution in [0.5, 0.6) is 0 Å². The van der Waals surface area contributed by atoms with E-state index in [9.17, 15) is 14.7 Å². The third-order valence-electron chi connectivity index (χ3n) is 7.14. The highest BCUT2D eigenvalue weighted by Crippen LogP contribution is 2.64. The summed E-state index contributed by atoms with van der Waals surface area (Å²) in [5.41, 5.74) is 3.65. The topological polar surface area (TPSA) is 57.6 Å². The van der Waals surface area contributed by atoms with E-state index in [0.717, 1.165) is 22.3 Å². The Bertz CT molecular complexity index is 1190. The Kier molecular flexibility index (Phi) is 3.68. The molecule has 1 fully saturated rings. The number of carbonyl (C=O) groups is 2. The number of carbonyl (C=O) groups excluding carboxylic acids is 2. The molecule has 7 rings (SSSR count). The van der Waals surface area contributed by atoms with E-state index in [2.05, 4.69) is 15.9 Å². The average Bonchev–Trinajstić information content (AvgIpc) is 3.05. The van der Waals surface area contributed by atoms with Crippen LogP contribution in [-0.4, -0.2) is 23.5 Å². The highest BCUT2D eigenvalue weighted by molar-refractivity contribution is 9.10. The zero-order valence-corrected chi connectivity index (χ0v) is 17.5. The number of amides is 2. The van der Waals surface area contributed by atoms with Crippen LogP contribution in [0.25, 0.3) is 0 Å². The number of imide groups is 1. The average molecular weight is 460 g/mol. The fourth-order valence-electron chi connectivity index (χ4n) is 6.07. The number of hydrogen-bond acceptors (Lipinski definition) is 3. The SMILES string of the molecule is O=C1[C@@H]2C3c4ccccc4C(CO)(c4ccccc43)[C@H]2C(=O)N1c1ccccc1Br. The highest BCUT2D eigenvalue weighted by Gasteiger charge is 2.68. The Labute approximate surface area is 182 Å². The molecule has 3 aliphatic carbocycles. The first-order chi connectivity index (χ1) is 14.6. The summed E-state index contributed by atoms with van der Waals surface area (Å²) in [6.07, 6.45) is 0. The van der Waals surface area contributed by atoms with E-state index in [1.165, 1.54) is 4.90 Å². The molecule has 2 atom stereocenters. The van der Waals surface area contributed by atoms with Gasteiger partial charge in [0.1, 0.15) is 0 Å². The van der Waals surface area contributed by atoms with Crippen molar-refractivity contribution >= 4 is 33.4 Å². The molecule has 4 nitrogen and oxygen atoms in total. The van der Waals surface area contributed by atoms with Crippen molar-refractivity contribution in [2.75, 3.05) is 11.5 Å². The molecular formula is C25H18BrNO3. The summed E-state index contributed by atoms with van der Waals surface area (Å²) in [4.78, 5) is 29.0. The van der Waals surface area contributed by atoms with Gasteiger partial charge < -0.3 is 5.11 Å². The molecule has 148 valence electrons. The molecule has 30 heavy (non-hydrogen) atoms. The molecule has 1 saturated heterocycles. The van der Waals surface area contributed by atoms with E-state index in [1.54, 1.807) is 6.07 Å². The van der Waals surface area contributed by atoms with Gasteiger partial charge in [-0.25, -0.2) is 4.90 Å².